The Bertz CT molecular complexity index is 366. The van der Waals surface area contributed by atoms with Crippen LogP contribution in [0.15, 0.2) is 24.3 Å². The average molecular weight is 291 g/mol. The Kier molecular flexibility index (Phi) is 7.40. The summed E-state index contributed by atoms with van der Waals surface area (Å²) in [7, 11) is 0. The maximum atomic E-state index is 12.3. The fourth-order valence-corrected chi connectivity index (χ4v) is 1.55. The number of benzene rings is 1. The van der Waals surface area contributed by atoms with Crippen LogP contribution in [-0.4, -0.2) is 32.9 Å². The van der Waals surface area contributed by atoms with Gasteiger partial charge >= 0.3 is 6.18 Å². The van der Waals surface area contributed by atoms with Gasteiger partial charge in [-0.05, 0) is 44.2 Å². The summed E-state index contributed by atoms with van der Waals surface area (Å²) < 4.78 is 47.5. The molecule has 3 nitrogen and oxygen atoms in total. The van der Waals surface area contributed by atoms with Crippen molar-refractivity contribution in [2.45, 2.75) is 19.5 Å². The summed E-state index contributed by atoms with van der Waals surface area (Å²) in [5.41, 5.74) is -0.668. The molecule has 0 radical (unpaired) electrons. The Morgan fingerprint density at radius 1 is 1.05 bits per heavy atom. The SMILES string of the molecule is CCOCCCNCCOc1ccc(C(F)(F)F)cc1. The first-order chi connectivity index (χ1) is 9.54. The third-order valence-electron chi connectivity index (χ3n) is 2.58. The summed E-state index contributed by atoms with van der Waals surface area (Å²) in [5.74, 6) is 0.439. The van der Waals surface area contributed by atoms with Gasteiger partial charge in [0, 0.05) is 19.8 Å². The zero-order valence-electron chi connectivity index (χ0n) is 11.5. The fourth-order valence-electron chi connectivity index (χ4n) is 1.55. The molecule has 0 fully saturated rings. The summed E-state index contributed by atoms with van der Waals surface area (Å²) in [6.45, 7) is 5.29. The van der Waals surface area contributed by atoms with Crippen LogP contribution in [0, 0.1) is 0 Å². The monoisotopic (exact) mass is 291 g/mol. The highest BCUT2D eigenvalue weighted by Gasteiger charge is 2.29. The van der Waals surface area contributed by atoms with E-state index in [0.717, 1.165) is 38.3 Å². The molecule has 6 heteroatoms. The van der Waals surface area contributed by atoms with Crippen molar-refractivity contribution >= 4 is 0 Å². The molecule has 1 N–H and O–H groups in total. The second kappa shape index (κ2) is 8.81. The van der Waals surface area contributed by atoms with Gasteiger partial charge in [0.15, 0.2) is 0 Å². The second-order valence-corrected chi connectivity index (χ2v) is 4.17. The highest BCUT2D eigenvalue weighted by Crippen LogP contribution is 2.30. The number of alkyl halides is 3. The highest BCUT2D eigenvalue weighted by atomic mass is 19.4. The number of ether oxygens (including phenoxy) is 2. The van der Waals surface area contributed by atoms with E-state index in [9.17, 15) is 13.2 Å². The molecular formula is C14H20F3NO2. The van der Waals surface area contributed by atoms with Gasteiger partial charge in [0.2, 0.25) is 0 Å². The maximum Gasteiger partial charge on any atom is 0.416 e. The molecule has 1 aromatic rings. The lowest BCUT2D eigenvalue weighted by molar-refractivity contribution is -0.137. The summed E-state index contributed by atoms with van der Waals surface area (Å²) in [6, 6.07) is 4.70. The van der Waals surface area contributed by atoms with Crippen molar-refractivity contribution in [3.63, 3.8) is 0 Å². The topological polar surface area (TPSA) is 30.5 Å². The molecule has 0 aliphatic heterocycles. The first kappa shape index (κ1) is 16.8. The van der Waals surface area contributed by atoms with E-state index in [0.29, 0.717) is 18.9 Å². The zero-order valence-corrected chi connectivity index (χ0v) is 11.5. The van der Waals surface area contributed by atoms with Gasteiger partial charge in [0.25, 0.3) is 0 Å². The van der Waals surface area contributed by atoms with E-state index in [2.05, 4.69) is 5.32 Å². The molecule has 0 heterocycles. The van der Waals surface area contributed by atoms with Gasteiger partial charge in [-0.3, -0.25) is 0 Å². The minimum atomic E-state index is -4.30. The van der Waals surface area contributed by atoms with E-state index in [1.165, 1.54) is 12.1 Å². The van der Waals surface area contributed by atoms with Crippen molar-refractivity contribution in [3.05, 3.63) is 29.8 Å². The lowest BCUT2D eigenvalue weighted by atomic mass is 10.2. The van der Waals surface area contributed by atoms with Crippen LogP contribution >= 0.6 is 0 Å². The number of hydrogen-bond acceptors (Lipinski definition) is 3. The molecule has 0 atom stereocenters. The van der Waals surface area contributed by atoms with Crippen LogP contribution < -0.4 is 10.1 Å². The van der Waals surface area contributed by atoms with Crippen molar-refractivity contribution in [2.75, 3.05) is 32.9 Å². The van der Waals surface area contributed by atoms with Crippen LogP contribution in [-0.2, 0) is 10.9 Å². The van der Waals surface area contributed by atoms with Gasteiger partial charge in [-0.15, -0.1) is 0 Å². The minimum absolute atomic E-state index is 0.417. The Morgan fingerprint density at radius 2 is 1.75 bits per heavy atom. The molecule has 20 heavy (non-hydrogen) atoms. The van der Waals surface area contributed by atoms with Crippen molar-refractivity contribution in [3.8, 4) is 5.75 Å². The number of hydrogen-bond donors (Lipinski definition) is 1. The van der Waals surface area contributed by atoms with Gasteiger partial charge in [-0.1, -0.05) is 0 Å². The summed E-state index contributed by atoms with van der Waals surface area (Å²) in [5, 5.41) is 3.17. The van der Waals surface area contributed by atoms with Crippen LogP contribution in [0.25, 0.3) is 0 Å². The molecule has 0 aromatic heterocycles. The normalized spacial score (nSPS) is 11.6. The second-order valence-electron chi connectivity index (χ2n) is 4.17. The predicted octanol–water partition coefficient (Wildman–Crippen LogP) is 3.10. The molecule has 1 rings (SSSR count). The summed E-state index contributed by atoms with van der Waals surface area (Å²) >= 11 is 0. The zero-order chi connectivity index (χ0) is 14.8. The first-order valence-electron chi connectivity index (χ1n) is 6.62. The smallest absolute Gasteiger partial charge is 0.416 e. The van der Waals surface area contributed by atoms with Gasteiger partial charge in [-0.25, -0.2) is 0 Å². The molecule has 1 aromatic carbocycles. The van der Waals surface area contributed by atoms with Gasteiger partial charge in [0.1, 0.15) is 12.4 Å². The Hall–Kier alpha value is -1.27. The molecule has 0 amide bonds. The fraction of sp³-hybridized carbons (Fsp3) is 0.571. The molecule has 0 aliphatic rings. The molecule has 0 unspecified atom stereocenters. The van der Waals surface area contributed by atoms with Crippen LogP contribution in [0.4, 0.5) is 13.2 Å². The molecule has 0 saturated carbocycles. The molecule has 0 spiro atoms. The first-order valence-corrected chi connectivity index (χ1v) is 6.62. The summed E-state index contributed by atoms with van der Waals surface area (Å²) in [4.78, 5) is 0. The molecule has 0 bridgehead atoms. The van der Waals surface area contributed by atoms with Gasteiger partial charge in [0.05, 0.1) is 5.56 Å². The average Bonchev–Trinajstić information content (AvgIpc) is 2.41. The predicted molar refractivity (Wildman–Crippen MR) is 70.9 cm³/mol. The van der Waals surface area contributed by atoms with E-state index >= 15 is 0 Å². The standard InChI is InChI=1S/C14H20F3NO2/c1-2-19-10-3-8-18-9-11-20-13-6-4-12(5-7-13)14(15,16)17/h4-7,18H,2-3,8-11H2,1H3. The van der Waals surface area contributed by atoms with Crippen molar-refractivity contribution < 1.29 is 22.6 Å². The number of rotatable bonds is 9. The molecule has 0 aliphatic carbocycles. The van der Waals surface area contributed by atoms with Crippen LogP contribution in [0.2, 0.25) is 0 Å². The molecule has 114 valence electrons. The van der Waals surface area contributed by atoms with E-state index in [1.807, 2.05) is 6.92 Å². The van der Waals surface area contributed by atoms with Crippen LogP contribution in [0.3, 0.4) is 0 Å². The van der Waals surface area contributed by atoms with Crippen molar-refractivity contribution in [1.29, 1.82) is 0 Å². The van der Waals surface area contributed by atoms with Gasteiger partial charge < -0.3 is 14.8 Å². The molecule has 0 saturated heterocycles. The Labute approximate surface area is 117 Å². The maximum absolute atomic E-state index is 12.3. The van der Waals surface area contributed by atoms with Crippen molar-refractivity contribution in [1.82, 2.24) is 5.32 Å². The number of halogens is 3. The highest BCUT2D eigenvalue weighted by molar-refractivity contribution is 5.28. The quantitative estimate of drug-likeness (QED) is 0.709. The van der Waals surface area contributed by atoms with Gasteiger partial charge in [-0.2, -0.15) is 13.2 Å². The van der Waals surface area contributed by atoms with Crippen LogP contribution in [0.5, 0.6) is 5.75 Å². The van der Waals surface area contributed by atoms with E-state index in [1.54, 1.807) is 0 Å². The third kappa shape index (κ3) is 6.77. The van der Waals surface area contributed by atoms with E-state index in [-0.39, 0.29) is 0 Å². The third-order valence-corrected chi connectivity index (χ3v) is 2.58. The Balaban J connectivity index is 2.13. The van der Waals surface area contributed by atoms with E-state index < -0.39 is 11.7 Å². The largest absolute Gasteiger partial charge is 0.492 e. The number of nitrogens with one attached hydrogen (secondary N) is 1. The molecular weight excluding hydrogens is 271 g/mol. The van der Waals surface area contributed by atoms with E-state index in [4.69, 9.17) is 9.47 Å². The Morgan fingerprint density at radius 3 is 2.35 bits per heavy atom. The lowest BCUT2D eigenvalue weighted by Crippen LogP contribution is -2.23. The van der Waals surface area contributed by atoms with Crippen molar-refractivity contribution in [2.24, 2.45) is 0 Å². The lowest BCUT2D eigenvalue weighted by Gasteiger charge is -2.09. The van der Waals surface area contributed by atoms with Crippen LogP contribution in [0.1, 0.15) is 18.9 Å². The minimum Gasteiger partial charge on any atom is -0.492 e. The summed E-state index contributed by atoms with van der Waals surface area (Å²) in [6.07, 6.45) is -3.38.